The van der Waals surface area contributed by atoms with Gasteiger partial charge in [0.25, 0.3) is 0 Å². The second kappa shape index (κ2) is 12.4. The molecule has 0 fully saturated rings. The summed E-state index contributed by atoms with van der Waals surface area (Å²) in [5.74, 6) is 1.94. The molecule has 0 saturated carbocycles. The highest BCUT2D eigenvalue weighted by Crippen LogP contribution is 2.16. The SMILES string of the molecule is CCCCCC(C)N(Cc1cccnc1)C(=O)CSCCCC. The molecule has 3 nitrogen and oxygen atoms in total. The summed E-state index contributed by atoms with van der Waals surface area (Å²) in [7, 11) is 0. The van der Waals surface area contributed by atoms with Crippen LogP contribution in [0.3, 0.4) is 0 Å². The topological polar surface area (TPSA) is 33.2 Å². The summed E-state index contributed by atoms with van der Waals surface area (Å²) >= 11 is 1.76. The molecule has 0 radical (unpaired) electrons. The number of nitrogens with zero attached hydrogens (tertiary/aromatic N) is 2. The fourth-order valence-electron chi connectivity index (χ4n) is 2.51. The van der Waals surface area contributed by atoms with E-state index in [9.17, 15) is 4.79 Å². The van der Waals surface area contributed by atoms with Gasteiger partial charge in [-0.3, -0.25) is 9.78 Å². The molecule has 23 heavy (non-hydrogen) atoms. The highest BCUT2D eigenvalue weighted by Gasteiger charge is 2.20. The van der Waals surface area contributed by atoms with E-state index in [1.807, 2.05) is 17.2 Å². The van der Waals surface area contributed by atoms with Crippen LogP contribution in [0.5, 0.6) is 0 Å². The average molecular weight is 337 g/mol. The van der Waals surface area contributed by atoms with E-state index in [2.05, 4.69) is 31.8 Å². The second-order valence-corrected chi connectivity index (χ2v) is 7.24. The van der Waals surface area contributed by atoms with Gasteiger partial charge in [0.05, 0.1) is 5.75 Å². The van der Waals surface area contributed by atoms with Gasteiger partial charge in [0, 0.05) is 25.0 Å². The minimum absolute atomic E-state index is 0.263. The summed E-state index contributed by atoms with van der Waals surface area (Å²) in [5, 5.41) is 0. The van der Waals surface area contributed by atoms with Crippen molar-refractivity contribution in [2.24, 2.45) is 0 Å². The number of unbranched alkanes of at least 4 members (excludes halogenated alkanes) is 3. The molecule has 0 bridgehead atoms. The molecule has 1 rings (SSSR count). The van der Waals surface area contributed by atoms with Crippen LogP contribution in [0.15, 0.2) is 24.5 Å². The molecule has 0 aliphatic heterocycles. The molecular weight excluding hydrogens is 304 g/mol. The van der Waals surface area contributed by atoms with Gasteiger partial charge in [-0.1, -0.05) is 45.6 Å². The third-order valence-electron chi connectivity index (χ3n) is 4.02. The van der Waals surface area contributed by atoms with Crippen LogP contribution in [-0.2, 0) is 11.3 Å². The number of hydrogen-bond donors (Lipinski definition) is 0. The molecule has 1 aromatic rings. The first-order valence-electron chi connectivity index (χ1n) is 8.95. The van der Waals surface area contributed by atoms with Crippen LogP contribution in [0.4, 0.5) is 0 Å². The monoisotopic (exact) mass is 336 g/mol. The molecule has 0 aliphatic carbocycles. The predicted molar refractivity (Wildman–Crippen MR) is 101 cm³/mol. The molecule has 0 N–H and O–H groups in total. The van der Waals surface area contributed by atoms with Crippen LogP contribution >= 0.6 is 11.8 Å². The van der Waals surface area contributed by atoms with Crippen molar-refractivity contribution in [1.82, 2.24) is 9.88 Å². The summed E-state index contributed by atoms with van der Waals surface area (Å²) in [6, 6.07) is 4.28. The lowest BCUT2D eigenvalue weighted by Gasteiger charge is -2.29. The number of pyridine rings is 1. The summed E-state index contributed by atoms with van der Waals surface area (Å²) in [6.45, 7) is 7.26. The predicted octanol–water partition coefficient (Wildman–Crippen LogP) is 4.91. The molecule has 130 valence electrons. The minimum atomic E-state index is 0.263. The Bertz CT molecular complexity index is 425. The lowest BCUT2D eigenvalue weighted by Crippen LogP contribution is -2.39. The summed E-state index contributed by atoms with van der Waals surface area (Å²) in [6.07, 6.45) is 10.8. The zero-order valence-corrected chi connectivity index (χ0v) is 15.8. The molecule has 1 heterocycles. The lowest BCUT2D eigenvalue weighted by atomic mass is 10.1. The first-order chi connectivity index (χ1) is 11.2. The fourth-order valence-corrected chi connectivity index (χ4v) is 3.49. The van der Waals surface area contributed by atoms with Crippen molar-refractivity contribution in [3.8, 4) is 0 Å². The van der Waals surface area contributed by atoms with Crippen LogP contribution in [0.25, 0.3) is 0 Å². The van der Waals surface area contributed by atoms with Crippen molar-refractivity contribution >= 4 is 17.7 Å². The molecule has 1 atom stereocenters. The quantitative estimate of drug-likeness (QED) is 0.508. The third kappa shape index (κ3) is 8.40. The smallest absolute Gasteiger partial charge is 0.233 e. The number of thioether (sulfide) groups is 1. The van der Waals surface area contributed by atoms with Crippen LogP contribution in [-0.4, -0.2) is 33.3 Å². The standard InChI is InChI=1S/C19H32N2OS/c1-4-6-8-10-17(3)21(15-18-11-9-12-20-14-18)19(22)16-23-13-7-5-2/h9,11-12,14,17H,4-8,10,13,15-16H2,1-3H3. The van der Waals surface area contributed by atoms with Gasteiger partial charge in [-0.15, -0.1) is 0 Å². The van der Waals surface area contributed by atoms with E-state index in [-0.39, 0.29) is 5.91 Å². The fraction of sp³-hybridized carbons (Fsp3) is 0.684. The number of amides is 1. The largest absolute Gasteiger partial charge is 0.335 e. The number of aromatic nitrogens is 1. The van der Waals surface area contributed by atoms with Gasteiger partial charge in [-0.25, -0.2) is 0 Å². The van der Waals surface area contributed by atoms with Crippen LogP contribution in [0.2, 0.25) is 0 Å². The average Bonchev–Trinajstić information content (AvgIpc) is 2.57. The molecular formula is C19H32N2OS. The zero-order chi connectivity index (χ0) is 16.9. The van der Waals surface area contributed by atoms with E-state index in [1.54, 1.807) is 18.0 Å². The van der Waals surface area contributed by atoms with Gasteiger partial charge in [0.1, 0.15) is 0 Å². The van der Waals surface area contributed by atoms with E-state index in [0.717, 1.165) is 17.7 Å². The van der Waals surface area contributed by atoms with E-state index in [0.29, 0.717) is 18.3 Å². The molecule has 1 aromatic heterocycles. The van der Waals surface area contributed by atoms with Crippen molar-refractivity contribution in [3.05, 3.63) is 30.1 Å². The van der Waals surface area contributed by atoms with Crippen molar-refractivity contribution in [2.75, 3.05) is 11.5 Å². The second-order valence-electron chi connectivity index (χ2n) is 6.13. The Balaban J connectivity index is 2.61. The third-order valence-corrected chi connectivity index (χ3v) is 5.05. The molecule has 1 amide bonds. The number of carbonyl (C=O) groups excluding carboxylic acids is 1. The van der Waals surface area contributed by atoms with Gasteiger partial charge < -0.3 is 4.90 Å². The van der Waals surface area contributed by atoms with Crippen molar-refractivity contribution in [3.63, 3.8) is 0 Å². The molecule has 0 saturated heterocycles. The number of rotatable bonds is 12. The van der Waals surface area contributed by atoms with Crippen LogP contribution < -0.4 is 0 Å². The van der Waals surface area contributed by atoms with E-state index in [4.69, 9.17) is 0 Å². The Morgan fingerprint density at radius 1 is 1.26 bits per heavy atom. The maximum atomic E-state index is 12.7. The van der Waals surface area contributed by atoms with E-state index in [1.165, 1.54) is 32.1 Å². The zero-order valence-electron chi connectivity index (χ0n) is 15.0. The number of carbonyl (C=O) groups is 1. The number of hydrogen-bond acceptors (Lipinski definition) is 3. The highest BCUT2D eigenvalue weighted by molar-refractivity contribution is 7.99. The van der Waals surface area contributed by atoms with Gasteiger partial charge in [-0.2, -0.15) is 11.8 Å². The maximum Gasteiger partial charge on any atom is 0.233 e. The first-order valence-corrected chi connectivity index (χ1v) is 10.1. The summed E-state index contributed by atoms with van der Waals surface area (Å²) in [5.41, 5.74) is 1.11. The molecule has 0 aromatic carbocycles. The minimum Gasteiger partial charge on any atom is -0.335 e. The summed E-state index contributed by atoms with van der Waals surface area (Å²) < 4.78 is 0. The Morgan fingerprint density at radius 3 is 2.70 bits per heavy atom. The summed E-state index contributed by atoms with van der Waals surface area (Å²) in [4.78, 5) is 18.9. The Kier molecular flexibility index (Phi) is 10.8. The molecule has 1 unspecified atom stereocenters. The lowest BCUT2D eigenvalue weighted by molar-refractivity contribution is -0.131. The van der Waals surface area contributed by atoms with E-state index >= 15 is 0 Å². The highest BCUT2D eigenvalue weighted by atomic mass is 32.2. The van der Waals surface area contributed by atoms with Crippen LogP contribution in [0, 0.1) is 0 Å². The maximum absolute atomic E-state index is 12.7. The molecule has 4 heteroatoms. The van der Waals surface area contributed by atoms with E-state index < -0.39 is 0 Å². The van der Waals surface area contributed by atoms with Crippen LogP contribution in [0.1, 0.15) is 64.9 Å². The van der Waals surface area contributed by atoms with Gasteiger partial charge in [0.15, 0.2) is 0 Å². The molecule has 0 aliphatic rings. The first kappa shape index (κ1) is 20.0. The van der Waals surface area contributed by atoms with Gasteiger partial charge >= 0.3 is 0 Å². The van der Waals surface area contributed by atoms with Crippen molar-refractivity contribution < 1.29 is 4.79 Å². The van der Waals surface area contributed by atoms with Crippen molar-refractivity contribution in [1.29, 1.82) is 0 Å². The Hall–Kier alpha value is -1.03. The Morgan fingerprint density at radius 2 is 2.04 bits per heavy atom. The van der Waals surface area contributed by atoms with Gasteiger partial charge in [0.2, 0.25) is 5.91 Å². The normalized spacial score (nSPS) is 12.1. The van der Waals surface area contributed by atoms with Crippen molar-refractivity contribution in [2.45, 2.75) is 71.9 Å². The Labute approximate surface area is 146 Å². The van der Waals surface area contributed by atoms with Gasteiger partial charge in [-0.05, 0) is 37.1 Å². The molecule has 0 spiro atoms.